The van der Waals surface area contributed by atoms with Gasteiger partial charge in [0.05, 0.1) is 16.4 Å². The number of hydrogen-bond donors (Lipinski definition) is 1. The third-order valence-corrected chi connectivity index (χ3v) is 4.60. The van der Waals surface area contributed by atoms with Crippen molar-refractivity contribution in [3.8, 4) is 0 Å². The molecule has 1 saturated carbocycles. The second-order valence-corrected chi connectivity index (χ2v) is 6.80. The summed E-state index contributed by atoms with van der Waals surface area (Å²) in [6.45, 7) is 6.48. The van der Waals surface area contributed by atoms with Crippen molar-refractivity contribution in [3.05, 3.63) is 16.4 Å². The monoisotopic (exact) mass is 314 g/mol. The van der Waals surface area contributed by atoms with E-state index in [0.29, 0.717) is 5.92 Å². The lowest BCUT2D eigenvalue weighted by Gasteiger charge is -2.29. The van der Waals surface area contributed by atoms with Gasteiger partial charge >= 0.3 is 0 Å². The van der Waals surface area contributed by atoms with Gasteiger partial charge in [0.2, 0.25) is 0 Å². The number of hydrogen-bond acceptors (Lipinski definition) is 2. The van der Waals surface area contributed by atoms with E-state index in [4.69, 9.17) is 0 Å². The summed E-state index contributed by atoms with van der Waals surface area (Å²) in [6, 6.07) is 0.274. The lowest BCUT2D eigenvalue weighted by molar-refractivity contribution is 0.00926. The molecule has 18 heavy (non-hydrogen) atoms. The summed E-state index contributed by atoms with van der Waals surface area (Å²) in [4.78, 5) is 0. The van der Waals surface area contributed by atoms with E-state index in [-0.39, 0.29) is 6.04 Å². The molecule has 1 aliphatic carbocycles. The quantitative estimate of drug-likeness (QED) is 0.837. The molecule has 1 heterocycles. The number of aliphatic hydroxyl groups is 1. The Labute approximate surface area is 118 Å². The molecular formula is C14H23BrN2O. The van der Waals surface area contributed by atoms with Gasteiger partial charge in [0.1, 0.15) is 5.60 Å². The molecule has 1 fully saturated rings. The molecule has 2 atom stereocenters. The van der Waals surface area contributed by atoms with E-state index in [1.807, 2.05) is 10.9 Å². The number of nitrogens with zero attached hydrogens (tertiary/aromatic N) is 2. The molecule has 0 spiro atoms. The predicted molar refractivity (Wildman–Crippen MR) is 76.5 cm³/mol. The molecule has 0 bridgehead atoms. The van der Waals surface area contributed by atoms with Crippen LogP contribution in [-0.4, -0.2) is 14.9 Å². The van der Waals surface area contributed by atoms with Crippen LogP contribution in [0.3, 0.4) is 0 Å². The maximum Gasteiger partial charge on any atom is 0.107 e. The van der Waals surface area contributed by atoms with Crippen LogP contribution in [0, 0.1) is 5.92 Å². The zero-order valence-electron chi connectivity index (χ0n) is 11.5. The van der Waals surface area contributed by atoms with Gasteiger partial charge in [-0.15, -0.1) is 0 Å². The molecule has 2 rings (SSSR count). The van der Waals surface area contributed by atoms with Crippen molar-refractivity contribution < 1.29 is 5.11 Å². The van der Waals surface area contributed by atoms with Crippen molar-refractivity contribution >= 4 is 15.9 Å². The molecule has 0 aliphatic heterocycles. The van der Waals surface area contributed by atoms with Gasteiger partial charge in [-0.1, -0.05) is 13.3 Å². The Hall–Kier alpha value is -0.350. The molecule has 0 saturated heterocycles. The van der Waals surface area contributed by atoms with Crippen molar-refractivity contribution in [1.82, 2.24) is 9.78 Å². The number of halogens is 1. The highest BCUT2D eigenvalue weighted by Crippen LogP contribution is 2.41. The smallest absolute Gasteiger partial charge is 0.107 e. The molecule has 1 aromatic rings. The molecule has 1 aromatic heterocycles. The predicted octanol–water partition coefficient (Wildman–Crippen LogP) is 4.01. The maximum atomic E-state index is 11.0. The average molecular weight is 315 g/mol. The van der Waals surface area contributed by atoms with E-state index >= 15 is 0 Å². The summed E-state index contributed by atoms with van der Waals surface area (Å²) in [6.07, 6.45) is 6.89. The van der Waals surface area contributed by atoms with Gasteiger partial charge in [-0.25, -0.2) is 0 Å². The van der Waals surface area contributed by atoms with Crippen LogP contribution in [0.15, 0.2) is 10.7 Å². The normalized spacial score (nSPS) is 29.6. The van der Waals surface area contributed by atoms with Crippen LogP contribution in [0.2, 0.25) is 0 Å². The molecule has 1 aliphatic rings. The maximum absolute atomic E-state index is 11.0. The van der Waals surface area contributed by atoms with Crippen molar-refractivity contribution in [2.45, 2.75) is 64.5 Å². The van der Waals surface area contributed by atoms with E-state index in [2.05, 4.69) is 41.8 Å². The molecule has 0 amide bonds. The van der Waals surface area contributed by atoms with Crippen molar-refractivity contribution in [3.63, 3.8) is 0 Å². The second kappa shape index (κ2) is 5.33. The number of rotatable bonds is 2. The van der Waals surface area contributed by atoms with E-state index in [0.717, 1.165) is 35.8 Å². The lowest BCUT2D eigenvalue weighted by Crippen LogP contribution is -2.29. The first kappa shape index (κ1) is 14.1. The third kappa shape index (κ3) is 2.64. The Morgan fingerprint density at radius 1 is 1.44 bits per heavy atom. The van der Waals surface area contributed by atoms with Crippen LogP contribution in [0.4, 0.5) is 0 Å². The molecule has 2 unspecified atom stereocenters. The first-order valence-electron chi connectivity index (χ1n) is 6.90. The molecule has 0 aromatic carbocycles. The molecular weight excluding hydrogens is 292 g/mol. The second-order valence-electron chi connectivity index (χ2n) is 5.95. The van der Waals surface area contributed by atoms with Crippen LogP contribution >= 0.6 is 15.9 Å². The molecule has 1 N–H and O–H groups in total. The van der Waals surface area contributed by atoms with Crippen LogP contribution in [0.1, 0.15) is 64.6 Å². The summed E-state index contributed by atoms with van der Waals surface area (Å²) in [5.74, 6) is 0.716. The van der Waals surface area contributed by atoms with Gasteiger partial charge in [-0.2, -0.15) is 5.10 Å². The minimum absolute atomic E-state index is 0.274. The SMILES string of the molecule is CC1CCCC(O)(c2c(Br)cnn2C(C)C)CC1. The van der Waals surface area contributed by atoms with Crippen LogP contribution in [0.25, 0.3) is 0 Å². The standard InChI is InChI=1S/C14H23BrN2O/c1-10(2)17-13(12(15)9-16-17)14(18)7-4-5-11(3)6-8-14/h9-11,18H,4-8H2,1-3H3. The van der Waals surface area contributed by atoms with E-state index < -0.39 is 5.60 Å². The first-order chi connectivity index (χ1) is 8.44. The largest absolute Gasteiger partial charge is 0.384 e. The minimum Gasteiger partial charge on any atom is -0.384 e. The Bertz CT molecular complexity index is 416. The summed E-state index contributed by atoms with van der Waals surface area (Å²) in [5.41, 5.74) is 0.247. The zero-order valence-corrected chi connectivity index (χ0v) is 13.1. The lowest BCUT2D eigenvalue weighted by atomic mass is 9.90. The highest BCUT2D eigenvalue weighted by molar-refractivity contribution is 9.10. The Morgan fingerprint density at radius 2 is 2.17 bits per heavy atom. The minimum atomic E-state index is -0.718. The van der Waals surface area contributed by atoms with Gasteiger partial charge in [-0.05, 0) is 61.4 Å². The van der Waals surface area contributed by atoms with E-state index in [1.54, 1.807) is 0 Å². The molecule has 4 heteroatoms. The fourth-order valence-corrected chi connectivity index (χ4v) is 3.54. The fourth-order valence-electron chi connectivity index (χ4n) is 2.90. The van der Waals surface area contributed by atoms with Crippen LogP contribution in [-0.2, 0) is 5.60 Å². The molecule has 3 nitrogen and oxygen atoms in total. The Kier molecular flexibility index (Phi) is 4.17. The van der Waals surface area contributed by atoms with Gasteiger partial charge in [0, 0.05) is 6.04 Å². The summed E-state index contributed by atoms with van der Waals surface area (Å²) >= 11 is 3.55. The van der Waals surface area contributed by atoms with E-state index in [9.17, 15) is 5.11 Å². The van der Waals surface area contributed by atoms with Crippen molar-refractivity contribution in [2.24, 2.45) is 5.92 Å². The van der Waals surface area contributed by atoms with Gasteiger partial charge < -0.3 is 5.11 Å². The van der Waals surface area contributed by atoms with Gasteiger partial charge in [0.15, 0.2) is 0 Å². The Morgan fingerprint density at radius 3 is 2.83 bits per heavy atom. The molecule has 0 radical (unpaired) electrons. The van der Waals surface area contributed by atoms with Crippen LogP contribution in [0.5, 0.6) is 0 Å². The van der Waals surface area contributed by atoms with E-state index in [1.165, 1.54) is 6.42 Å². The van der Waals surface area contributed by atoms with Gasteiger partial charge in [-0.3, -0.25) is 4.68 Å². The third-order valence-electron chi connectivity index (χ3n) is 4.02. The fraction of sp³-hybridized carbons (Fsp3) is 0.786. The average Bonchev–Trinajstić information content (AvgIpc) is 2.61. The van der Waals surface area contributed by atoms with Crippen molar-refractivity contribution in [1.29, 1.82) is 0 Å². The van der Waals surface area contributed by atoms with Gasteiger partial charge in [0.25, 0.3) is 0 Å². The molecule has 102 valence electrons. The summed E-state index contributed by atoms with van der Waals surface area (Å²) in [5, 5.41) is 15.4. The summed E-state index contributed by atoms with van der Waals surface area (Å²) in [7, 11) is 0. The van der Waals surface area contributed by atoms with Crippen molar-refractivity contribution in [2.75, 3.05) is 0 Å². The topological polar surface area (TPSA) is 38.1 Å². The highest BCUT2D eigenvalue weighted by Gasteiger charge is 2.36. The number of aromatic nitrogens is 2. The summed E-state index contributed by atoms with van der Waals surface area (Å²) < 4.78 is 2.90. The highest BCUT2D eigenvalue weighted by atomic mass is 79.9. The Balaban J connectivity index is 2.36. The van der Waals surface area contributed by atoms with Crippen LogP contribution < -0.4 is 0 Å². The zero-order chi connectivity index (χ0) is 13.3. The first-order valence-corrected chi connectivity index (χ1v) is 7.69.